The molecule has 0 bridgehead atoms. The van der Waals surface area contributed by atoms with Gasteiger partial charge in [0.05, 0.1) is 5.56 Å². The number of hydrogen-bond acceptors (Lipinski definition) is 3. The molecule has 2 rings (SSSR count). The molecule has 0 saturated carbocycles. The van der Waals surface area contributed by atoms with E-state index in [1.165, 1.54) is 0 Å². The number of carbonyl (C=O) groups is 1. The summed E-state index contributed by atoms with van der Waals surface area (Å²) in [5.74, 6) is 0.895. The van der Waals surface area contributed by atoms with Crippen molar-refractivity contribution in [3.8, 4) is 0 Å². The minimum Gasteiger partial charge on any atom is -0.298 e. The predicted molar refractivity (Wildman–Crippen MR) is 61.5 cm³/mol. The molecule has 2 heterocycles. The maximum Gasteiger partial charge on any atom is 0.171 e. The van der Waals surface area contributed by atoms with E-state index in [4.69, 9.17) is 0 Å². The fraction of sp³-hybridized carbons (Fsp3) is 0.417. The highest BCUT2D eigenvalue weighted by Crippen LogP contribution is 2.20. The Morgan fingerprint density at radius 2 is 2.12 bits per heavy atom. The van der Waals surface area contributed by atoms with Crippen LogP contribution in [0, 0.1) is 5.41 Å². The minimum atomic E-state index is 0.153. The van der Waals surface area contributed by atoms with E-state index in [0.29, 0.717) is 11.2 Å². The average molecular weight is 217 g/mol. The van der Waals surface area contributed by atoms with Crippen molar-refractivity contribution < 1.29 is 4.79 Å². The van der Waals surface area contributed by atoms with Crippen LogP contribution in [0.1, 0.15) is 37.0 Å². The molecule has 0 spiro atoms. The highest BCUT2D eigenvalue weighted by Gasteiger charge is 2.16. The quantitative estimate of drug-likeness (QED) is 0.724. The topological polar surface area (TPSA) is 47.3 Å². The van der Waals surface area contributed by atoms with Crippen LogP contribution in [0.5, 0.6) is 0 Å². The van der Waals surface area contributed by atoms with Gasteiger partial charge in [0, 0.05) is 12.6 Å². The molecule has 0 atom stereocenters. The largest absolute Gasteiger partial charge is 0.298 e. The van der Waals surface area contributed by atoms with Crippen molar-refractivity contribution in [2.75, 3.05) is 0 Å². The fourth-order valence-corrected chi connectivity index (χ4v) is 1.67. The summed E-state index contributed by atoms with van der Waals surface area (Å²) in [5, 5.41) is 8.20. The van der Waals surface area contributed by atoms with E-state index in [0.717, 1.165) is 18.5 Å². The third-order valence-electron chi connectivity index (χ3n) is 2.35. The van der Waals surface area contributed by atoms with Crippen LogP contribution in [0.4, 0.5) is 0 Å². The fourth-order valence-electron chi connectivity index (χ4n) is 1.67. The molecule has 16 heavy (non-hydrogen) atoms. The maximum atomic E-state index is 10.8. The van der Waals surface area contributed by atoms with Gasteiger partial charge in [-0.05, 0) is 17.5 Å². The standard InChI is InChI=1S/C12H15N3O/c1-12(2,3)7-10-13-14-11-9(8-16)5-4-6-15(10)11/h4-6,8H,7H2,1-3H3. The number of fused-ring (bicyclic) bond motifs is 1. The second-order valence-electron chi connectivity index (χ2n) is 5.13. The summed E-state index contributed by atoms with van der Waals surface area (Å²) in [7, 11) is 0. The van der Waals surface area contributed by atoms with Crippen molar-refractivity contribution in [1.82, 2.24) is 14.6 Å². The van der Waals surface area contributed by atoms with Gasteiger partial charge in [-0.15, -0.1) is 10.2 Å². The van der Waals surface area contributed by atoms with Crippen molar-refractivity contribution in [2.45, 2.75) is 27.2 Å². The lowest BCUT2D eigenvalue weighted by Gasteiger charge is -2.16. The van der Waals surface area contributed by atoms with E-state index in [2.05, 4.69) is 31.0 Å². The van der Waals surface area contributed by atoms with Crippen LogP contribution in [0.15, 0.2) is 18.3 Å². The molecule has 2 aromatic heterocycles. The van der Waals surface area contributed by atoms with Crippen molar-refractivity contribution in [2.24, 2.45) is 5.41 Å². The van der Waals surface area contributed by atoms with Gasteiger partial charge < -0.3 is 0 Å². The molecule has 2 aromatic rings. The molecule has 0 aliphatic heterocycles. The first-order valence-electron chi connectivity index (χ1n) is 5.29. The molecule has 0 aliphatic carbocycles. The molecule has 4 heteroatoms. The highest BCUT2D eigenvalue weighted by molar-refractivity contribution is 5.83. The van der Waals surface area contributed by atoms with Gasteiger partial charge in [-0.25, -0.2) is 0 Å². The Balaban J connectivity index is 2.53. The Labute approximate surface area is 94.3 Å². The number of pyridine rings is 1. The van der Waals surface area contributed by atoms with E-state index in [9.17, 15) is 4.79 Å². The van der Waals surface area contributed by atoms with Crippen LogP contribution >= 0.6 is 0 Å². The van der Waals surface area contributed by atoms with E-state index in [1.54, 1.807) is 6.07 Å². The first-order valence-corrected chi connectivity index (χ1v) is 5.29. The molecule has 84 valence electrons. The van der Waals surface area contributed by atoms with Crippen molar-refractivity contribution >= 4 is 11.9 Å². The molecule has 0 aromatic carbocycles. The Morgan fingerprint density at radius 1 is 1.38 bits per heavy atom. The summed E-state index contributed by atoms with van der Waals surface area (Å²) in [6.45, 7) is 6.45. The lowest BCUT2D eigenvalue weighted by Crippen LogP contribution is -2.12. The van der Waals surface area contributed by atoms with Crippen LogP contribution in [0.25, 0.3) is 5.65 Å². The minimum absolute atomic E-state index is 0.153. The highest BCUT2D eigenvalue weighted by atomic mass is 16.1. The molecule has 4 nitrogen and oxygen atoms in total. The van der Waals surface area contributed by atoms with Gasteiger partial charge in [0.1, 0.15) is 5.82 Å². The number of nitrogens with zero attached hydrogens (tertiary/aromatic N) is 3. The Bertz CT molecular complexity index is 523. The van der Waals surface area contributed by atoms with Crippen LogP contribution in [0.2, 0.25) is 0 Å². The monoisotopic (exact) mass is 217 g/mol. The zero-order valence-electron chi connectivity index (χ0n) is 9.77. The van der Waals surface area contributed by atoms with Gasteiger partial charge >= 0.3 is 0 Å². The number of carbonyl (C=O) groups excluding carboxylic acids is 1. The van der Waals surface area contributed by atoms with Gasteiger partial charge in [-0.3, -0.25) is 9.20 Å². The van der Waals surface area contributed by atoms with Crippen LogP contribution in [0.3, 0.4) is 0 Å². The normalized spacial score (nSPS) is 11.9. The van der Waals surface area contributed by atoms with Crippen molar-refractivity contribution in [3.63, 3.8) is 0 Å². The summed E-state index contributed by atoms with van der Waals surface area (Å²) >= 11 is 0. The van der Waals surface area contributed by atoms with Gasteiger partial charge in [-0.1, -0.05) is 20.8 Å². The number of aromatic nitrogens is 3. The molecule has 0 amide bonds. The third kappa shape index (κ3) is 1.96. The molecule has 0 unspecified atom stereocenters. The zero-order chi connectivity index (χ0) is 11.8. The van der Waals surface area contributed by atoms with E-state index in [-0.39, 0.29) is 5.41 Å². The Morgan fingerprint density at radius 3 is 2.75 bits per heavy atom. The Kier molecular flexibility index (Phi) is 2.50. The lowest BCUT2D eigenvalue weighted by atomic mass is 9.92. The summed E-state index contributed by atoms with van der Waals surface area (Å²) in [4.78, 5) is 10.8. The van der Waals surface area contributed by atoms with E-state index < -0.39 is 0 Å². The van der Waals surface area contributed by atoms with Crippen molar-refractivity contribution in [3.05, 3.63) is 29.7 Å². The average Bonchev–Trinajstić information content (AvgIpc) is 2.59. The predicted octanol–water partition coefficient (Wildman–Crippen LogP) is 2.13. The number of rotatable bonds is 2. The summed E-state index contributed by atoms with van der Waals surface area (Å²) < 4.78 is 1.88. The first-order chi connectivity index (χ1) is 7.51. The molecular weight excluding hydrogens is 202 g/mol. The summed E-state index contributed by atoms with van der Waals surface area (Å²) in [5.41, 5.74) is 1.37. The molecule has 0 fully saturated rings. The van der Waals surface area contributed by atoms with E-state index >= 15 is 0 Å². The summed E-state index contributed by atoms with van der Waals surface area (Å²) in [6.07, 6.45) is 3.53. The maximum absolute atomic E-state index is 10.8. The number of aldehydes is 1. The van der Waals surface area contributed by atoms with Gasteiger partial charge in [0.15, 0.2) is 11.9 Å². The zero-order valence-corrected chi connectivity index (χ0v) is 9.77. The van der Waals surface area contributed by atoms with Crippen LogP contribution in [-0.2, 0) is 6.42 Å². The SMILES string of the molecule is CC(C)(C)Cc1nnc2c(C=O)cccn12. The number of hydrogen-bond donors (Lipinski definition) is 0. The molecule has 0 aliphatic rings. The first kappa shape index (κ1) is 10.8. The van der Waals surface area contributed by atoms with Gasteiger partial charge in [0.25, 0.3) is 0 Å². The second-order valence-corrected chi connectivity index (χ2v) is 5.13. The van der Waals surface area contributed by atoms with E-state index in [1.807, 2.05) is 16.7 Å². The smallest absolute Gasteiger partial charge is 0.171 e. The summed E-state index contributed by atoms with van der Waals surface area (Å²) in [6, 6.07) is 3.59. The van der Waals surface area contributed by atoms with Gasteiger partial charge in [0.2, 0.25) is 0 Å². The van der Waals surface area contributed by atoms with Crippen LogP contribution < -0.4 is 0 Å². The van der Waals surface area contributed by atoms with Crippen LogP contribution in [-0.4, -0.2) is 20.9 Å². The third-order valence-corrected chi connectivity index (χ3v) is 2.35. The lowest BCUT2D eigenvalue weighted by molar-refractivity contribution is 0.112. The molecule has 0 N–H and O–H groups in total. The second kappa shape index (κ2) is 3.70. The van der Waals surface area contributed by atoms with Gasteiger partial charge in [-0.2, -0.15) is 0 Å². The molecule has 0 radical (unpaired) electrons. The van der Waals surface area contributed by atoms with Crippen molar-refractivity contribution in [1.29, 1.82) is 0 Å². The molecular formula is C12H15N3O. The molecule has 0 saturated heterocycles. The Hall–Kier alpha value is -1.71.